The van der Waals surface area contributed by atoms with E-state index < -0.39 is 0 Å². The molecule has 3 aromatic rings. The minimum atomic E-state index is -0.0937. The van der Waals surface area contributed by atoms with Crippen LogP contribution in [0.5, 0.6) is 0 Å². The maximum absolute atomic E-state index is 12.5. The van der Waals surface area contributed by atoms with Crippen molar-refractivity contribution in [1.82, 2.24) is 29.9 Å². The molecule has 3 aromatic heterocycles. The van der Waals surface area contributed by atoms with Crippen LogP contribution in [0.1, 0.15) is 42.6 Å². The fourth-order valence-corrected chi connectivity index (χ4v) is 3.80. The van der Waals surface area contributed by atoms with Crippen LogP contribution < -0.4 is 5.32 Å². The Morgan fingerprint density at radius 2 is 2.19 bits per heavy atom. The number of hydrogen-bond donors (Lipinski definition) is 1. The van der Waals surface area contributed by atoms with Crippen molar-refractivity contribution >= 4 is 32.9 Å². The van der Waals surface area contributed by atoms with Crippen LogP contribution in [-0.2, 0) is 24.4 Å². The predicted molar refractivity (Wildman–Crippen MR) is 102 cm³/mol. The lowest BCUT2D eigenvalue weighted by atomic mass is 10.1. The van der Waals surface area contributed by atoms with E-state index in [1.54, 1.807) is 10.9 Å². The topological polar surface area (TPSA) is 77.6 Å². The zero-order valence-corrected chi connectivity index (χ0v) is 16.5. The summed E-state index contributed by atoms with van der Waals surface area (Å²) in [5.74, 6) is 0.529. The van der Waals surface area contributed by atoms with Crippen LogP contribution in [0.15, 0.2) is 22.9 Å². The molecule has 7 nitrogen and oxygen atoms in total. The van der Waals surface area contributed by atoms with E-state index >= 15 is 0 Å². The van der Waals surface area contributed by atoms with Crippen molar-refractivity contribution in [2.75, 3.05) is 0 Å². The van der Waals surface area contributed by atoms with Crippen LogP contribution in [0.2, 0.25) is 0 Å². The molecule has 0 unspecified atom stereocenters. The quantitative estimate of drug-likeness (QED) is 0.669. The minimum absolute atomic E-state index is 0.0937. The molecule has 0 spiro atoms. The van der Waals surface area contributed by atoms with Gasteiger partial charge < -0.3 is 5.32 Å². The maximum Gasteiger partial charge on any atom is 0.242 e. The highest BCUT2D eigenvalue weighted by Gasteiger charge is 2.27. The van der Waals surface area contributed by atoms with Crippen molar-refractivity contribution in [1.29, 1.82) is 0 Å². The third-order valence-corrected chi connectivity index (χ3v) is 5.46. The molecule has 0 bridgehead atoms. The third-order valence-electron chi connectivity index (χ3n) is 4.80. The van der Waals surface area contributed by atoms with Crippen molar-refractivity contribution in [2.45, 2.75) is 52.2 Å². The van der Waals surface area contributed by atoms with Gasteiger partial charge in [-0.2, -0.15) is 10.2 Å². The summed E-state index contributed by atoms with van der Waals surface area (Å²) in [6.45, 7) is 5.34. The normalized spacial score (nSPS) is 14.1. The van der Waals surface area contributed by atoms with E-state index in [0.29, 0.717) is 12.5 Å². The number of carbonyl (C=O) groups is 1. The summed E-state index contributed by atoms with van der Waals surface area (Å²) in [6.07, 6.45) is 6.02. The van der Waals surface area contributed by atoms with Crippen LogP contribution in [0.3, 0.4) is 0 Å². The highest BCUT2D eigenvalue weighted by atomic mass is 79.9. The van der Waals surface area contributed by atoms with Gasteiger partial charge in [0.05, 0.1) is 28.6 Å². The molecule has 4 rings (SSSR count). The Balaban J connectivity index is 1.51. The van der Waals surface area contributed by atoms with Gasteiger partial charge in [-0.25, -0.2) is 9.67 Å². The fraction of sp³-hybridized carbons (Fsp3) is 0.444. The van der Waals surface area contributed by atoms with Gasteiger partial charge in [0.15, 0.2) is 5.65 Å². The molecule has 0 aliphatic heterocycles. The summed E-state index contributed by atoms with van der Waals surface area (Å²) in [4.78, 5) is 16.9. The summed E-state index contributed by atoms with van der Waals surface area (Å²) in [6, 6.07) is 2.09. The molecular weight excluding hydrogens is 396 g/mol. The number of aryl methyl sites for hydroxylation is 2. The van der Waals surface area contributed by atoms with E-state index in [2.05, 4.69) is 42.5 Å². The van der Waals surface area contributed by atoms with E-state index in [-0.39, 0.29) is 12.5 Å². The van der Waals surface area contributed by atoms with Gasteiger partial charge >= 0.3 is 0 Å². The first kappa shape index (κ1) is 17.2. The van der Waals surface area contributed by atoms with E-state index in [1.165, 1.54) is 18.4 Å². The van der Waals surface area contributed by atoms with Gasteiger partial charge in [0.2, 0.25) is 5.91 Å². The smallest absolute Gasteiger partial charge is 0.242 e. The number of nitrogens with zero attached hydrogens (tertiary/aromatic N) is 5. The standard InChI is InChI=1S/C18H21BrN6O/c1-3-24-15(14(19)8-22-24)9-21-16(26)10-25-18-17(11(2)23-25)13(6-7-20-18)12-4-5-12/h6-8,12H,3-5,9-10H2,1-2H3,(H,21,26). The monoisotopic (exact) mass is 416 g/mol. The maximum atomic E-state index is 12.5. The Labute approximate surface area is 159 Å². The van der Waals surface area contributed by atoms with E-state index in [4.69, 9.17) is 0 Å². The molecule has 3 heterocycles. The molecular formula is C18H21BrN6O. The summed E-state index contributed by atoms with van der Waals surface area (Å²) in [5.41, 5.74) is 4.00. The number of nitrogens with one attached hydrogen (secondary N) is 1. The summed E-state index contributed by atoms with van der Waals surface area (Å²) >= 11 is 3.48. The van der Waals surface area contributed by atoms with Gasteiger partial charge in [-0.1, -0.05) is 0 Å². The van der Waals surface area contributed by atoms with E-state index in [1.807, 2.05) is 24.7 Å². The lowest BCUT2D eigenvalue weighted by Crippen LogP contribution is -2.28. The number of amides is 1. The Bertz CT molecular complexity index is 972. The second-order valence-electron chi connectivity index (χ2n) is 6.65. The van der Waals surface area contributed by atoms with E-state index in [0.717, 1.165) is 33.4 Å². The van der Waals surface area contributed by atoms with Crippen LogP contribution in [0.25, 0.3) is 11.0 Å². The highest BCUT2D eigenvalue weighted by molar-refractivity contribution is 9.10. The molecule has 0 aromatic carbocycles. The van der Waals surface area contributed by atoms with Crippen molar-refractivity contribution in [3.05, 3.63) is 39.9 Å². The molecule has 0 radical (unpaired) electrons. The second-order valence-corrected chi connectivity index (χ2v) is 7.50. The Morgan fingerprint density at radius 3 is 2.92 bits per heavy atom. The first-order chi connectivity index (χ1) is 12.6. The molecule has 1 amide bonds. The number of hydrogen-bond acceptors (Lipinski definition) is 4. The predicted octanol–water partition coefficient (Wildman–Crippen LogP) is 2.91. The SMILES string of the molecule is CCn1ncc(Br)c1CNC(=O)Cn1nc(C)c2c(C3CC3)ccnc21. The van der Waals surface area contributed by atoms with E-state index in [9.17, 15) is 4.79 Å². The lowest BCUT2D eigenvalue weighted by Gasteiger charge is -2.08. The molecule has 8 heteroatoms. The van der Waals surface area contributed by atoms with Crippen molar-refractivity contribution in [3.8, 4) is 0 Å². The Kier molecular flexibility index (Phi) is 4.52. The fourth-order valence-electron chi connectivity index (χ4n) is 3.37. The van der Waals surface area contributed by atoms with Gasteiger partial charge in [-0.15, -0.1) is 0 Å². The van der Waals surface area contributed by atoms with Crippen molar-refractivity contribution in [2.24, 2.45) is 0 Å². The Hall–Kier alpha value is -2.22. The first-order valence-electron chi connectivity index (χ1n) is 8.87. The molecule has 136 valence electrons. The third kappa shape index (κ3) is 3.13. The van der Waals surface area contributed by atoms with Gasteiger partial charge in [-0.05, 0) is 60.2 Å². The number of pyridine rings is 1. The molecule has 1 fully saturated rings. The lowest BCUT2D eigenvalue weighted by molar-refractivity contribution is -0.122. The van der Waals surface area contributed by atoms with Crippen LogP contribution in [-0.4, -0.2) is 30.5 Å². The van der Waals surface area contributed by atoms with Gasteiger partial charge in [0.1, 0.15) is 6.54 Å². The second kappa shape index (κ2) is 6.83. The highest BCUT2D eigenvalue weighted by Crippen LogP contribution is 2.43. The zero-order valence-electron chi connectivity index (χ0n) is 14.9. The molecule has 1 N–H and O–H groups in total. The van der Waals surface area contributed by atoms with Crippen LogP contribution in [0.4, 0.5) is 0 Å². The minimum Gasteiger partial charge on any atom is -0.349 e. The van der Waals surface area contributed by atoms with Crippen LogP contribution >= 0.6 is 15.9 Å². The molecule has 26 heavy (non-hydrogen) atoms. The van der Waals surface area contributed by atoms with Crippen molar-refractivity contribution < 1.29 is 4.79 Å². The molecule has 1 aliphatic rings. The Morgan fingerprint density at radius 1 is 1.38 bits per heavy atom. The zero-order chi connectivity index (χ0) is 18.3. The van der Waals surface area contributed by atoms with Gasteiger partial charge in [0.25, 0.3) is 0 Å². The van der Waals surface area contributed by atoms with Crippen LogP contribution in [0, 0.1) is 6.92 Å². The van der Waals surface area contributed by atoms with Gasteiger partial charge in [0, 0.05) is 18.1 Å². The number of aromatic nitrogens is 5. The molecule has 0 saturated heterocycles. The number of rotatable bonds is 6. The number of halogens is 1. The summed E-state index contributed by atoms with van der Waals surface area (Å²) in [5, 5.41) is 12.9. The molecule has 1 saturated carbocycles. The first-order valence-corrected chi connectivity index (χ1v) is 9.66. The summed E-state index contributed by atoms with van der Waals surface area (Å²) in [7, 11) is 0. The largest absolute Gasteiger partial charge is 0.349 e. The molecule has 1 aliphatic carbocycles. The average molecular weight is 417 g/mol. The van der Waals surface area contributed by atoms with Crippen molar-refractivity contribution in [3.63, 3.8) is 0 Å². The van der Waals surface area contributed by atoms with Gasteiger partial charge in [-0.3, -0.25) is 9.48 Å². The summed E-state index contributed by atoms with van der Waals surface area (Å²) < 4.78 is 4.47. The number of fused-ring (bicyclic) bond motifs is 1. The average Bonchev–Trinajstić information content (AvgIpc) is 3.35. The molecule has 0 atom stereocenters. The number of carbonyl (C=O) groups excluding carboxylic acids is 1.